The van der Waals surface area contributed by atoms with Gasteiger partial charge in [-0.1, -0.05) is 0 Å². The highest BCUT2D eigenvalue weighted by molar-refractivity contribution is 5.86. The van der Waals surface area contributed by atoms with Gasteiger partial charge in [-0.3, -0.25) is 0 Å². The molecular weight excluding hydrogens is 279 g/mol. The molecule has 0 unspecified atom stereocenters. The van der Waals surface area contributed by atoms with E-state index >= 15 is 0 Å². The van der Waals surface area contributed by atoms with E-state index in [4.69, 9.17) is 4.74 Å². The van der Waals surface area contributed by atoms with Crippen molar-refractivity contribution >= 4 is 10.9 Å². The second kappa shape index (κ2) is 4.84. The highest BCUT2D eigenvalue weighted by atomic mass is 19.4. The number of hydrogen-bond donors (Lipinski definition) is 1. The minimum Gasteiger partial charge on any atom is -0.497 e. The number of methoxy groups -OCH3 is 1. The van der Waals surface area contributed by atoms with E-state index in [9.17, 15) is 13.2 Å². The molecule has 2 nitrogen and oxygen atoms in total. The van der Waals surface area contributed by atoms with Gasteiger partial charge in [0.1, 0.15) is 5.75 Å². The molecular formula is C16H12F3NO. The maximum atomic E-state index is 12.7. The lowest BCUT2D eigenvalue weighted by Gasteiger charge is -2.05. The van der Waals surface area contributed by atoms with Crippen molar-refractivity contribution in [1.82, 2.24) is 4.98 Å². The Bertz CT molecular complexity index is 772. The summed E-state index contributed by atoms with van der Waals surface area (Å²) in [6.45, 7) is 0. The number of nitrogens with one attached hydrogen (secondary N) is 1. The van der Waals surface area contributed by atoms with E-state index in [-0.39, 0.29) is 0 Å². The first-order chi connectivity index (χ1) is 9.97. The van der Waals surface area contributed by atoms with E-state index in [0.29, 0.717) is 10.9 Å². The summed E-state index contributed by atoms with van der Waals surface area (Å²) in [6, 6.07) is 12.7. The summed E-state index contributed by atoms with van der Waals surface area (Å²) in [4.78, 5) is 3.12. The quantitative estimate of drug-likeness (QED) is 0.716. The number of ether oxygens (including phenoxy) is 1. The molecule has 0 saturated heterocycles. The number of fused-ring (bicyclic) bond motifs is 1. The molecule has 0 saturated carbocycles. The van der Waals surface area contributed by atoms with E-state index in [2.05, 4.69) is 4.98 Å². The van der Waals surface area contributed by atoms with Crippen LogP contribution in [0.15, 0.2) is 48.5 Å². The molecule has 5 heteroatoms. The van der Waals surface area contributed by atoms with E-state index in [1.165, 1.54) is 6.07 Å². The molecule has 0 aliphatic rings. The van der Waals surface area contributed by atoms with Crippen molar-refractivity contribution in [3.05, 3.63) is 54.1 Å². The van der Waals surface area contributed by atoms with Crippen molar-refractivity contribution in [2.75, 3.05) is 7.11 Å². The molecule has 1 N–H and O–H groups in total. The van der Waals surface area contributed by atoms with Crippen molar-refractivity contribution in [3.63, 3.8) is 0 Å². The number of aromatic amines is 1. The molecule has 0 aliphatic carbocycles. The van der Waals surface area contributed by atoms with Crippen molar-refractivity contribution in [3.8, 4) is 17.0 Å². The fourth-order valence-electron chi connectivity index (χ4n) is 2.24. The van der Waals surface area contributed by atoms with Gasteiger partial charge in [-0.25, -0.2) is 0 Å². The number of benzene rings is 2. The van der Waals surface area contributed by atoms with Gasteiger partial charge in [-0.05, 0) is 54.1 Å². The number of alkyl halides is 3. The number of H-pyrrole nitrogens is 1. The third-order valence-corrected chi connectivity index (χ3v) is 3.35. The highest BCUT2D eigenvalue weighted by Crippen LogP contribution is 2.33. The Labute approximate surface area is 119 Å². The normalized spacial score (nSPS) is 11.8. The van der Waals surface area contributed by atoms with Crippen LogP contribution in [0.25, 0.3) is 22.2 Å². The van der Waals surface area contributed by atoms with E-state index < -0.39 is 11.7 Å². The number of hydrogen-bond acceptors (Lipinski definition) is 1. The average molecular weight is 291 g/mol. The second-order valence-electron chi connectivity index (χ2n) is 4.71. The number of aromatic nitrogens is 1. The maximum absolute atomic E-state index is 12.7. The molecule has 0 aliphatic heterocycles. The Hall–Kier alpha value is -2.43. The fraction of sp³-hybridized carbons (Fsp3) is 0.125. The van der Waals surface area contributed by atoms with Gasteiger partial charge in [0.2, 0.25) is 0 Å². The molecule has 3 rings (SSSR count). The molecule has 0 bridgehead atoms. The lowest BCUT2D eigenvalue weighted by Crippen LogP contribution is -2.03. The molecule has 2 aromatic carbocycles. The largest absolute Gasteiger partial charge is 0.497 e. The van der Waals surface area contributed by atoms with Crippen LogP contribution >= 0.6 is 0 Å². The number of halogens is 3. The summed E-state index contributed by atoms with van der Waals surface area (Å²) in [5.74, 6) is 0.731. The Morgan fingerprint density at radius 1 is 0.952 bits per heavy atom. The first-order valence-electron chi connectivity index (χ1n) is 6.32. The summed E-state index contributed by atoms with van der Waals surface area (Å²) < 4.78 is 43.2. The van der Waals surface area contributed by atoms with Crippen LogP contribution in [0, 0.1) is 0 Å². The van der Waals surface area contributed by atoms with E-state index in [0.717, 1.165) is 29.1 Å². The first kappa shape index (κ1) is 13.5. The summed E-state index contributed by atoms with van der Waals surface area (Å²) >= 11 is 0. The lowest BCUT2D eigenvalue weighted by atomic mass is 10.1. The van der Waals surface area contributed by atoms with E-state index in [1.807, 2.05) is 24.3 Å². The van der Waals surface area contributed by atoms with Gasteiger partial charge < -0.3 is 9.72 Å². The standard InChI is InChI=1S/C16H12F3NO/c1-21-13-5-2-10(3-6-13)15-9-11-8-12(16(17,18)19)4-7-14(11)20-15/h2-9,20H,1H3. The smallest absolute Gasteiger partial charge is 0.416 e. The summed E-state index contributed by atoms with van der Waals surface area (Å²) in [7, 11) is 1.58. The molecule has 21 heavy (non-hydrogen) atoms. The zero-order valence-corrected chi connectivity index (χ0v) is 11.2. The number of rotatable bonds is 2. The van der Waals surface area contributed by atoms with Crippen molar-refractivity contribution in [2.45, 2.75) is 6.18 Å². The van der Waals surface area contributed by atoms with Crippen LogP contribution in [0.3, 0.4) is 0 Å². The van der Waals surface area contributed by atoms with Crippen LogP contribution in [0.2, 0.25) is 0 Å². The fourth-order valence-corrected chi connectivity index (χ4v) is 2.24. The first-order valence-corrected chi connectivity index (χ1v) is 6.32. The summed E-state index contributed by atoms with van der Waals surface area (Å²) in [5.41, 5.74) is 1.69. The SMILES string of the molecule is COc1ccc(-c2cc3cc(C(F)(F)F)ccc3[nH]2)cc1. The molecule has 0 radical (unpaired) electrons. The van der Waals surface area contributed by atoms with Crippen LogP contribution in [-0.4, -0.2) is 12.1 Å². The molecule has 0 amide bonds. The van der Waals surface area contributed by atoms with E-state index in [1.54, 1.807) is 13.2 Å². The van der Waals surface area contributed by atoms with Gasteiger partial charge >= 0.3 is 6.18 Å². The zero-order valence-electron chi connectivity index (χ0n) is 11.2. The van der Waals surface area contributed by atoms with Gasteiger partial charge in [-0.2, -0.15) is 13.2 Å². The molecule has 1 aromatic heterocycles. The zero-order chi connectivity index (χ0) is 15.0. The molecule has 3 aromatic rings. The topological polar surface area (TPSA) is 25.0 Å². The third-order valence-electron chi connectivity index (χ3n) is 3.35. The van der Waals surface area contributed by atoms with Gasteiger partial charge in [0.15, 0.2) is 0 Å². The van der Waals surface area contributed by atoms with Gasteiger partial charge in [0.25, 0.3) is 0 Å². The predicted molar refractivity (Wildman–Crippen MR) is 75.3 cm³/mol. The minimum absolute atomic E-state index is 0.538. The lowest BCUT2D eigenvalue weighted by molar-refractivity contribution is -0.137. The average Bonchev–Trinajstić information content (AvgIpc) is 2.89. The van der Waals surface area contributed by atoms with Crippen LogP contribution in [0.4, 0.5) is 13.2 Å². The minimum atomic E-state index is -4.33. The second-order valence-corrected chi connectivity index (χ2v) is 4.71. The van der Waals surface area contributed by atoms with Crippen LogP contribution in [-0.2, 0) is 6.18 Å². The highest BCUT2D eigenvalue weighted by Gasteiger charge is 2.30. The predicted octanol–water partition coefficient (Wildman–Crippen LogP) is 4.86. The van der Waals surface area contributed by atoms with Gasteiger partial charge in [-0.15, -0.1) is 0 Å². The Balaban J connectivity index is 2.04. The van der Waals surface area contributed by atoms with Gasteiger partial charge in [0.05, 0.1) is 12.7 Å². The van der Waals surface area contributed by atoms with Crippen LogP contribution in [0.1, 0.15) is 5.56 Å². The molecule has 108 valence electrons. The molecule has 0 spiro atoms. The molecule has 0 atom stereocenters. The van der Waals surface area contributed by atoms with Crippen molar-refractivity contribution < 1.29 is 17.9 Å². The summed E-state index contributed by atoms with van der Waals surface area (Å²) in [6.07, 6.45) is -4.33. The van der Waals surface area contributed by atoms with Crippen molar-refractivity contribution in [1.29, 1.82) is 0 Å². The Kier molecular flexibility index (Phi) is 3.12. The Morgan fingerprint density at radius 2 is 1.67 bits per heavy atom. The van der Waals surface area contributed by atoms with Crippen molar-refractivity contribution in [2.24, 2.45) is 0 Å². The van der Waals surface area contributed by atoms with Gasteiger partial charge in [0, 0.05) is 16.6 Å². The van der Waals surface area contributed by atoms with Crippen LogP contribution < -0.4 is 4.74 Å². The molecule has 0 fully saturated rings. The third kappa shape index (κ3) is 2.59. The van der Waals surface area contributed by atoms with Crippen LogP contribution in [0.5, 0.6) is 5.75 Å². The monoisotopic (exact) mass is 291 g/mol. The summed E-state index contributed by atoms with van der Waals surface area (Å²) in [5, 5.41) is 0.538. The molecule has 1 heterocycles. The maximum Gasteiger partial charge on any atom is 0.416 e. The Morgan fingerprint density at radius 3 is 2.29 bits per heavy atom.